The molecule has 5 heteroatoms. The zero-order valence-electron chi connectivity index (χ0n) is 6.45. The molecule has 0 saturated carbocycles. The number of hydrogen-bond donors (Lipinski definition) is 2. The summed E-state index contributed by atoms with van der Waals surface area (Å²) < 4.78 is 4.85. The van der Waals surface area contributed by atoms with Crippen LogP contribution in [0.3, 0.4) is 0 Å². The Kier molecular flexibility index (Phi) is 5.72. The van der Waals surface area contributed by atoms with Crippen molar-refractivity contribution in [1.29, 1.82) is 0 Å². The molecule has 1 aliphatic heterocycles. The van der Waals surface area contributed by atoms with Crippen LogP contribution in [0.5, 0.6) is 0 Å². The molecular formula is C7H9BrO4. The predicted octanol–water partition coefficient (Wildman–Crippen LogP) is 0.193. The van der Waals surface area contributed by atoms with Crippen molar-refractivity contribution >= 4 is 21.9 Å². The molecule has 1 aliphatic rings. The van der Waals surface area contributed by atoms with Gasteiger partial charge in [-0.1, -0.05) is 5.92 Å². The minimum Gasteiger partial charge on any atom is -0.481 e. The van der Waals surface area contributed by atoms with Crippen LogP contribution in [0.4, 0.5) is 0 Å². The van der Waals surface area contributed by atoms with Crippen LogP contribution in [-0.2, 0) is 9.53 Å². The number of carboxylic acid groups (broad SMARTS) is 1. The Morgan fingerprint density at radius 1 is 1.75 bits per heavy atom. The largest absolute Gasteiger partial charge is 0.481 e. The third kappa shape index (κ3) is 6.16. The fraction of sp³-hybridized carbons (Fsp3) is 0.571. The Morgan fingerprint density at radius 3 is 2.50 bits per heavy atom. The molecule has 0 bridgehead atoms. The lowest BCUT2D eigenvalue weighted by Gasteiger charge is -1.73. The number of aliphatic carboxylic acids is 1. The number of rotatable bonds is 1. The number of halogens is 1. The molecule has 4 nitrogen and oxygen atoms in total. The van der Waals surface area contributed by atoms with E-state index in [1.165, 1.54) is 0 Å². The summed E-state index contributed by atoms with van der Waals surface area (Å²) in [5.74, 6) is 1.87. The molecule has 0 aromatic carbocycles. The van der Waals surface area contributed by atoms with E-state index in [9.17, 15) is 0 Å². The Morgan fingerprint density at radius 2 is 2.25 bits per heavy atom. The fourth-order valence-corrected chi connectivity index (χ4v) is 0.688. The van der Waals surface area contributed by atoms with E-state index >= 15 is 0 Å². The van der Waals surface area contributed by atoms with E-state index in [0.29, 0.717) is 0 Å². The summed E-state index contributed by atoms with van der Waals surface area (Å²) in [5, 5.41) is 15.8. The van der Waals surface area contributed by atoms with Gasteiger partial charge >= 0.3 is 0 Å². The van der Waals surface area contributed by atoms with Gasteiger partial charge in [-0.3, -0.25) is 4.79 Å². The molecule has 0 radical (unpaired) electrons. The van der Waals surface area contributed by atoms with E-state index in [4.69, 9.17) is 19.7 Å². The van der Waals surface area contributed by atoms with Gasteiger partial charge in [-0.25, -0.2) is 0 Å². The van der Waals surface area contributed by atoms with Gasteiger partial charge in [0.2, 0.25) is 0 Å². The smallest absolute Gasteiger partial charge is 0.300 e. The van der Waals surface area contributed by atoms with Gasteiger partial charge in [0.15, 0.2) is 0 Å². The first-order valence-corrected chi connectivity index (χ1v) is 3.98. The van der Waals surface area contributed by atoms with E-state index in [0.717, 1.165) is 6.92 Å². The Balaban J connectivity index is 0.000000261. The maximum Gasteiger partial charge on any atom is 0.300 e. The van der Waals surface area contributed by atoms with Crippen molar-refractivity contribution in [3.05, 3.63) is 0 Å². The van der Waals surface area contributed by atoms with Crippen molar-refractivity contribution in [3.8, 4) is 10.8 Å². The third-order valence-corrected chi connectivity index (χ3v) is 1.19. The number of hydrogen-bond acceptors (Lipinski definition) is 3. The van der Waals surface area contributed by atoms with Gasteiger partial charge in [0, 0.05) is 22.9 Å². The van der Waals surface area contributed by atoms with Crippen molar-refractivity contribution in [1.82, 2.24) is 0 Å². The van der Waals surface area contributed by atoms with Crippen LogP contribution in [0.1, 0.15) is 6.92 Å². The maximum atomic E-state index is 9.00. The molecule has 12 heavy (non-hydrogen) atoms. The van der Waals surface area contributed by atoms with E-state index in [1.54, 1.807) is 0 Å². The van der Waals surface area contributed by atoms with E-state index in [-0.39, 0.29) is 18.8 Å². The Hall–Kier alpha value is -0.570. The summed E-state index contributed by atoms with van der Waals surface area (Å²) in [6, 6.07) is 0. The monoisotopic (exact) mass is 236 g/mol. The van der Waals surface area contributed by atoms with Crippen LogP contribution in [-0.4, -0.2) is 35.0 Å². The molecule has 0 amide bonds. The third-order valence-electron chi connectivity index (χ3n) is 0.959. The lowest BCUT2D eigenvalue weighted by Crippen LogP contribution is -1.95. The van der Waals surface area contributed by atoms with Gasteiger partial charge in [0.1, 0.15) is 12.2 Å². The fourth-order valence-electron chi connectivity index (χ4n) is 0.462. The van der Waals surface area contributed by atoms with Crippen molar-refractivity contribution < 1.29 is 19.7 Å². The normalized spacial score (nSPS) is 24.2. The molecule has 1 fully saturated rings. The summed E-state index contributed by atoms with van der Waals surface area (Å²) in [5.41, 5.74) is 0. The van der Waals surface area contributed by atoms with Crippen molar-refractivity contribution in [2.24, 2.45) is 0 Å². The van der Waals surface area contributed by atoms with Crippen molar-refractivity contribution in [3.63, 3.8) is 0 Å². The molecule has 2 N–H and O–H groups in total. The molecule has 2 unspecified atom stereocenters. The second kappa shape index (κ2) is 6.00. The molecule has 0 aromatic rings. The van der Waals surface area contributed by atoms with Crippen molar-refractivity contribution in [2.75, 3.05) is 6.61 Å². The SMILES string of the molecule is CC(=O)O.OCC1OC1C#CBr. The zero-order valence-corrected chi connectivity index (χ0v) is 8.04. The van der Waals surface area contributed by atoms with E-state index in [2.05, 4.69) is 26.7 Å². The highest BCUT2D eigenvalue weighted by Crippen LogP contribution is 2.19. The summed E-state index contributed by atoms with van der Waals surface area (Å²) >= 11 is 2.92. The number of epoxide rings is 1. The van der Waals surface area contributed by atoms with Crippen molar-refractivity contribution in [2.45, 2.75) is 19.1 Å². The summed E-state index contributed by atoms with van der Waals surface area (Å²) in [7, 11) is 0. The van der Waals surface area contributed by atoms with Gasteiger partial charge in [-0.05, 0) is 4.83 Å². The second-order valence-electron chi connectivity index (χ2n) is 2.04. The van der Waals surface area contributed by atoms with Crippen LogP contribution in [0.25, 0.3) is 0 Å². The predicted molar refractivity (Wildman–Crippen MR) is 45.8 cm³/mol. The van der Waals surface area contributed by atoms with Gasteiger partial charge in [0.25, 0.3) is 5.97 Å². The first kappa shape index (κ1) is 11.4. The first-order valence-electron chi connectivity index (χ1n) is 3.18. The molecular weight excluding hydrogens is 228 g/mol. The molecule has 0 aliphatic carbocycles. The van der Waals surface area contributed by atoms with E-state index in [1.807, 2.05) is 0 Å². The van der Waals surface area contributed by atoms with Crippen LogP contribution in [0.15, 0.2) is 0 Å². The van der Waals surface area contributed by atoms with Crippen LogP contribution in [0, 0.1) is 10.8 Å². The van der Waals surface area contributed by atoms with Gasteiger partial charge in [-0.15, -0.1) is 0 Å². The standard InChI is InChI=1S/C5H5BrO2.C2H4O2/c6-2-1-4-5(3-7)8-4;1-2(3)4/h4-5,7H,3H2;1H3,(H,3,4). The molecule has 2 atom stereocenters. The van der Waals surface area contributed by atoms with Gasteiger partial charge in [-0.2, -0.15) is 0 Å². The second-order valence-corrected chi connectivity index (χ2v) is 2.43. The first-order chi connectivity index (χ1) is 5.61. The quantitative estimate of drug-likeness (QED) is 0.504. The van der Waals surface area contributed by atoms with E-state index < -0.39 is 5.97 Å². The minimum absolute atomic E-state index is 0.0277. The Bertz CT molecular complexity index is 201. The number of carbonyl (C=O) groups is 1. The molecule has 1 saturated heterocycles. The van der Waals surface area contributed by atoms with Gasteiger partial charge < -0.3 is 14.9 Å². The van der Waals surface area contributed by atoms with Crippen LogP contribution < -0.4 is 0 Å². The topological polar surface area (TPSA) is 70.1 Å². The van der Waals surface area contributed by atoms with Gasteiger partial charge in [0.05, 0.1) is 6.61 Å². The molecule has 1 rings (SSSR count). The maximum absolute atomic E-state index is 9.00. The summed E-state index contributed by atoms with van der Waals surface area (Å²) in [6.45, 7) is 1.16. The highest BCUT2D eigenvalue weighted by Gasteiger charge is 2.36. The molecule has 1 heterocycles. The summed E-state index contributed by atoms with van der Waals surface area (Å²) in [4.78, 5) is 11.5. The lowest BCUT2D eigenvalue weighted by atomic mass is 10.3. The number of aliphatic hydroxyl groups is 1. The van der Waals surface area contributed by atoms with Crippen LogP contribution >= 0.6 is 15.9 Å². The average Bonchev–Trinajstić information content (AvgIpc) is 2.67. The number of carboxylic acids is 1. The number of ether oxygens (including phenoxy) is 1. The lowest BCUT2D eigenvalue weighted by molar-refractivity contribution is -0.134. The highest BCUT2D eigenvalue weighted by atomic mass is 79.9. The number of aliphatic hydroxyl groups excluding tert-OH is 1. The molecule has 68 valence electrons. The Labute approximate surface area is 78.7 Å². The van der Waals surface area contributed by atoms with Crippen LogP contribution in [0.2, 0.25) is 0 Å². The minimum atomic E-state index is -0.833. The average molecular weight is 237 g/mol. The zero-order chi connectivity index (χ0) is 9.56. The molecule has 0 aromatic heterocycles. The summed E-state index contributed by atoms with van der Waals surface area (Å²) in [6.07, 6.45) is -0.0561. The highest BCUT2D eigenvalue weighted by molar-refractivity contribution is 9.12. The molecule has 0 spiro atoms.